The number of H-pyrrole nitrogens is 1. The van der Waals surface area contributed by atoms with Crippen molar-refractivity contribution in [2.45, 2.75) is 12.6 Å². The molecule has 2 atom stereocenters. The number of carbonyl (C=O) groups excluding carboxylic acids is 1. The van der Waals surface area contributed by atoms with E-state index in [1.54, 1.807) is 31.5 Å². The molecule has 7 nitrogen and oxygen atoms in total. The highest BCUT2D eigenvalue weighted by atomic mass is 19.1. The smallest absolute Gasteiger partial charge is 0.231 e. The highest BCUT2D eigenvalue weighted by Gasteiger charge is 2.43. The van der Waals surface area contributed by atoms with Gasteiger partial charge in [0, 0.05) is 11.6 Å². The van der Waals surface area contributed by atoms with Crippen LogP contribution in [0.3, 0.4) is 0 Å². The fourth-order valence-electron chi connectivity index (χ4n) is 2.57. The van der Waals surface area contributed by atoms with E-state index in [0.29, 0.717) is 17.3 Å². The van der Waals surface area contributed by atoms with Crippen molar-refractivity contribution < 1.29 is 13.9 Å². The van der Waals surface area contributed by atoms with Gasteiger partial charge in [-0.25, -0.2) is 14.4 Å². The van der Waals surface area contributed by atoms with Crippen molar-refractivity contribution >= 4 is 22.8 Å². The van der Waals surface area contributed by atoms with Gasteiger partial charge in [-0.1, -0.05) is 0 Å². The number of hydrogen-bond acceptors (Lipinski definition) is 5. The monoisotopic (exact) mass is 327 g/mol. The first kappa shape index (κ1) is 14.6. The first-order valence-electron chi connectivity index (χ1n) is 7.47. The minimum Gasteiger partial charge on any atom is -0.481 e. The van der Waals surface area contributed by atoms with E-state index in [1.807, 2.05) is 6.07 Å². The van der Waals surface area contributed by atoms with Crippen LogP contribution in [0, 0.1) is 5.92 Å². The molecule has 24 heavy (non-hydrogen) atoms. The van der Waals surface area contributed by atoms with Gasteiger partial charge in [0.05, 0.1) is 24.3 Å². The van der Waals surface area contributed by atoms with Gasteiger partial charge in [0.25, 0.3) is 0 Å². The van der Waals surface area contributed by atoms with Gasteiger partial charge in [0.1, 0.15) is 12.0 Å². The molecule has 3 aromatic heterocycles. The first-order valence-corrected chi connectivity index (χ1v) is 7.47. The molecule has 0 bridgehead atoms. The maximum atomic E-state index is 12.9. The van der Waals surface area contributed by atoms with Crippen LogP contribution in [0.1, 0.15) is 6.42 Å². The van der Waals surface area contributed by atoms with Crippen LogP contribution in [-0.2, 0) is 4.79 Å². The predicted octanol–water partition coefficient (Wildman–Crippen LogP) is 2.33. The van der Waals surface area contributed by atoms with Crippen LogP contribution in [0.2, 0.25) is 0 Å². The molecule has 8 heteroatoms. The normalized spacial score (nSPS) is 19.2. The van der Waals surface area contributed by atoms with Gasteiger partial charge in [-0.3, -0.25) is 9.89 Å². The maximum absolute atomic E-state index is 12.9. The zero-order chi connectivity index (χ0) is 16.7. The van der Waals surface area contributed by atoms with Crippen LogP contribution in [-0.4, -0.2) is 39.4 Å². The van der Waals surface area contributed by atoms with E-state index in [0.717, 1.165) is 16.6 Å². The Kier molecular flexibility index (Phi) is 3.37. The molecular formula is C16H14FN5O2. The molecule has 3 heterocycles. The van der Waals surface area contributed by atoms with E-state index in [4.69, 9.17) is 4.74 Å². The number of methoxy groups -OCH3 is 1. The molecule has 4 rings (SSSR count). The van der Waals surface area contributed by atoms with Crippen molar-refractivity contribution in [3.8, 4) is 17.1 Å². The molecule has 1 amide bonds. The van der Waals surface area contributed by atoms with E-state index >= 15 is 0 Å². The third-order valence-corrected chi connectivity index (χ3v) is 3.95. The number of nitrogens with one attached hydrogen (secondary N) is 2. The number of rotatable bonds is 4. The van der Waals surface area contributed by atoms with Crippen LogP contribution >= 0.6 is 0 Å². The van der Waals surface area contributed by atoms with Crippen LogP contribution < -0.4 is 10.1 Å². The third kappa shape index (κ3) is 2.45. The number of carbonyl (C=O) groups is 1. The van der Waals surface area contributed by atoms with Gasteiger partial charge in [-0.2, -0.15) is 5.10 Å². The summed E-state index contributed by atoms with van der Waals surface area (Å²) in [4.78, 5) is 20.2. The highest BCUT2D eigenvalue weighted by molar-refractivity contribution is 5.97. The van der Waals surface area contributed by atoms with E-state index in [2.05, 4.69) is 25.5 Å². The predicted molar refractivity (Wildman–Crippen MR) is 85.3 cm³/mol. The van der Waals surface area contributed by atoms with E-state index in [-0.39, 0.29) is 12.3 Å². The molecule has 1 fully saturated rings. The van der Waals surface area contributed by atoms with E-state index < -0.39 is 12.1 Å². The van der Waals surface area contributed by atoms with Gasteiger partial charge < -0.3 is 10.1 Å². The van der Waals surface area contributed by atoms with E-state index in [9.17, 15) is 9.18 Å². The number of alkyl halides is 1. The summed E-state index contributed by atoms with van der Waals surface area (Å²) in [5, 5.41) is 10.5. The molecule has 1 aliphatic carbocycles. The number of aromatic nitrogens is 4. The van der Waals surface area contributed by atoms with Crippen molar-refractivity contribution in [2.75, 3.05) is 12.4 Å². The number of fused-ring (bicyclic) bond motifs is 1. The molecule has 0 aliphatic heterocycles. The largest absolute Gasteiger partial charge is 0.481 e. The summed E-state index contributed by atoms with van der Waals surface area (Å²) in [6.45, 7) is 0. The fraction of sp³-hybridized carbons (Fsp3) is 0.250. The minimum atomic E-state index is -1.04. The van der Waals surface area contributed by atoms with Crippen molar-refractivity contribution in [1.29, 1.82) is 0 Å². The van der Waals surface area contributed by atoms with E-state index in [1.165, 1.54) is 0 Å². The van der Waals surface area contributed by atoms with Gasteiger partial charge >= 0.3 is 0 Å². The minimum absolute atomic E-state index is 0.279. The standard InChI is InChI=1S/C16H14FN5O2/c1-24-16-9(3-2-6-18-16)13-8-4-5-12(19-14(8)22-21-13)20-15(23)10-7-11(10)17/h2-6,10-11H,7H2,1H3,(H2,19,20,21,22,23). The van der Waals surface area contributed by atoms with Crippen molar-refractivity contribution in [3.63, 3.8) is 0 Å². The second-order valence-corrected chi connectivity index (χ2v) is 5.57. The molecule has 0 aromatic carbocycles. The average molecular weight is 327 g/mol. The Bertz CT molecular complexity index is 926. The number of pyridine rings is 2. The summed E-state index contributed by atoms with van der Waals surface area (Å²) < 4.78 is 18.2. The van der Waals surface area contributed by atoms with Crippen LogP contribution in [0.15, 0.2) is 30.5 Å². The topological polar surface area (TPSA) is 92.8 Å². The van der Waals surface area contributed by atoms with Gasteiger partial charge in [0.2, 0.25) is 11.8 Å². The number of anilines is 1. The Balaban J connectivity index is 1.67. The quantitative estimate of drug-likeness (QED) is 0.767. The number of halogens is 1. The summed E-state index contributed by atoms with van der Waals surface area (Å²) in [5.74, 6) is -0.0816. The van der Waals surface area contributed by atoms with Gasteiger partial charge in [-0.15, -0.1) is 0 Å². The van der Waals surface area contributed by atoms with Crippen LogP contribution in [0.5, 0.6) is 5.88 Å². The summed E-state index contributed by atoms with van der Waals surface area (Å²) in [5.41, 5.74) is 1.94. The lowest BCUT2D eigenvalue weighted by Crippen LogP contribution is -2.15. The number of ether oxygens (including phenoxy) is 1. The molecular weight excluding hydrogens is 313 g/mol. The third-order valence-electron chi connectivity index (χ3n) is 3.95. The number of hydrogen-bond donors (Lipinski definition) is 2. The molecule has 1 saturated carbocycles. The molecule has 1 aliphatic rings. The lowest BCUT2D eigenvalue weighted by molar-refractivity contribution is -0.117. The lowest BCUT2D eigenvalue weighted by atomic mass is 10.1. The van der Waals surface area contributed by atoms with Crippen molar-refractivity contribution in [2.24, 2.45) is 5.92 Å². The molecule has 122 valence electrons. The van der Waals surface area contributed by atoms with Crippen LogP contribution in [0.4, 0.5) is 10.2 Å². The molecule has 0 spiro atoms. The van der Waals surface area contributed by atoms with Gasteiger partial charge in [-0.05, 0) is 30.7 Å². The highest BCUT2D eigenvalue weighted by Crippen LogP contribution is 2.35. The SMILES string of the molecule is COc1ncccc1-c1[nH]nc2nc(NC(=O)C3CC3F)ccc12. The average Bonchev–Trinajstić information content (AvgIpc) is 3.19. The maximum Gasteiger partial charge on any atom is 0.231 e. The Morgan fingerprint density at radius 3 is 3.00 bits per heavy atom. The second-order valence-electron chi connectivity index (χ2n) is 5.57. The van der Waals surface area contributed by atoms with Crippen molar-refractivity contribution in [1.82, 2.24) is 20.2 Å². The van der Waals surface area contributed by atoms with Crippen LogP contribution in [0.25, 0.3) is 22.3 Å². The fourth-order valence-corrected chi connectivity index (χ4v) is 2.57. The zero-order valence-electron chi connectivity index (χ0n) is 12.8. The zero-order valence-corrected chi connectivity index (χ0v) is 12.8. The number of aromatic amines is 1. The summed E-state index contributed by atoms with van der Waals surface area (Å²) >= 11 is 0. The molecule has 3 aromatic rings. The lowest BCUT2D eigenvalue weighted by Gasteiger charge is -2.05. The second kappa shape index (κ2) is 5.55. The number of nitrogens with zero attached hydrogens (tertiary/aromatic N) is 3. The Morgan fingerprint density at radius 1 is 1.42 bits per heavy atom. The first-order chi connectivity index (χ1) is 11.7. The Labute approximate surface area is 136 Å². The summed E-state index contributed by atoms with van der Waals surface area (Å²) in [6, 6.07) is 7.12. The molecule has 0 radical (unpaired) electrons. The van der Waals surface area contributed by atoms with Crippen molar-refractivity contribution in [3.05, 3.63) is 30.5 Å². The van der Waals surface area contributed by atoms with Gasteiger partial charge in [0.15, 0.2) is 5.65 Å². The molecule has 2 unspecified atom stereocenters. The molecule has 2 N–H and O–H groups in total. The summed E-state index contributed by atoms with van der Waals surface area (Å²) in [7, 11) is 1.55. The Hall–Kier alpha value is -3.03. The molecule has 0 saturated heterocycles. The summed E-state index contributed by atoms with van der Waals surface area (Å²) in [6.07, 6.45) is 0.883. The Morgan fingerprint density at radius 2 is 2.25 bits per heavy atom. The number of amides is 1.